The molecular weight excluding hydrogens is 406 g/mol. The second-order valence-corrected chi connectivity index (χ2v) is 7.96. The number of rotatable bonds is 6. The number of ether oxygens (including phenoxy) is 1. The normalized spacial score (nSPS) is 13.5. The molecule has 0 spiro atoms. The molecule has 9 nitrogen and oxygen atoms in total. The number of methoxy groups -OCH3 is 1. The number of anilines is 2. The molecule has 2 N–H and O–H groups in total. The number of carbonyl (C=O) groups is 2. The number of thiazole rings is 1. The maximum absolute atomic E-state index is 12.5. The zero-order valence-corrected chi connectivity index (χ0v) is 17.4. The molecule has 3 aromatic rings. The van der Waals surface area contributed by atoms with Gasteiger partial charge in [0.05, 0.1) is 25.0 Å². The number of benzene rings is 1. The summed E-state index contributed by atoms with van der Waals surface area (Å²) in [6.45, 7) is 3.30. The van der Waals surface area contributed by atoms with Gasteiger partial charge in [0, 0.05) is 30.5 Å². The van der Waals surface area contributed by atoms with Crippen LogP contribution in [-0.4, -0.2) is 47.1 Å². The molecule has 1 aliphatic rings. The highest BCUT2D eigenvalue weighted by molar-refractivity contribution is 7.15. The summed E-state index contributed by atoms with van der Waals surface area (Å²) in [5.74, 6) is 0.728. The number of nitrogens with one attached hydrogen (secondary N) is 2. The molecule has 2 aromatic heterocycles. The maximum Gasteiger partial charge on any atom is 0.279 e. The van der Waals surface area contributed by atoms with Crippen molar-refractivity contribution in [1.29, 1.82) is 0 Å². The molecule has 0 radical (unpaired) electrons. The van der Waals surface area contributed by atoms with E-state index < -0.39 is 0 Å². The van der Waals surface area contributed by atoms with Crippen LogP contribution in [0.4, 0.5) is 10.8 Å². The van der Waals surface area contributed by atoms with E-state index in [1.54, 1.807) is 32.2 Å². The quantitative estimate of drug-likeness (QED) is 0.622. The average molecular weight is 427 g/mol. The molecule has 10 heteroatoms. The van der Waals surface area contributed by atoms with Crippen molar-refractivity contribution < 1.29 is 18.8 Å². The lowest BCUT2D eigenvalue weighted by Crippen LogP contribution is -2.36. The third-order valence-electron chi connectivity index (χ3n) is 4.64. The van der Waals surface area contributed by atoms with Crippen LogP contribution in [0, 0.1) is 6.92 Å². The fourth-order valence-corrected chi connectivity index (χ4v) is 4.26. The molecule has 0 unspecified atom stereocenters. The van der Waals surface area contributed by atoms with Gasteiger partial charge in [-0.1, -0.05) is 17.3 Å². The van der Waals surface area contributed by atoms with Crippen molar-refractivity contribution in [2.24, 2.45) is 0 Å². The third-order valence-corrected chi connectivity index (χ3v) is 5.64. The number of fused-ring (bicyclic) bond motifs is 1. The lowest BCUT2D eigenvalue weighted by atomic mass is 10.2. The fraction of sp³-hybridized carbons (Fsp3) is 0.300. The Balaban J connectivity index is 1.35. The summed E-state index contributed by atoms with van der Waals surface area (Å²) >= 11 is 1.41. The lowest BCUT2D eigenvalue weighted by molar-refractivity contribution is -0.117. The third kappa shape index (κ3) is 4.50. The molecule has 0 saturated carbocycles. The van der Waals surface area contributed by atoms with E-state index in [2.05, 4.69) is 25.7 Å². The Morgan fingerprint density at radius 1 is 1.30 bits per heavy atom. The topological polar surface area (TPSA) is 110 Å². The van der Waals surface area contributed by atoms with Gasteiger partial charge in [0.2, 0.25) is 5.91 Å². The largest absolute Gasteiger partial charge is 0.495 e. The van der Waals surface area contributed by atoms with Crippen molar-refractivity contribution in [3.63, 3.8) is 0 Å². The van der Waals surface area contributed by atoms with Crippen LogP contribution >= 0.6 is 11.3 Å². The van der Waals surface area contributed by atoms with Crippen LogP contribution in [0.15, 0.2) is 34.9 Å². The van der Waals surface area contributed by atoms with Crippen LogP contribution in [0.2, 0.25) is 0 Å². The number of carbonyl (C=O) groups excluding carboxylic acids is 2. The Labute approximate surface area is 177 Å². The van der Waals surface area contributed by atoms with E-state index >= 15 is 0 Å². The van der Waals surface area contributed by atoms with Gasteiger partial charge < -0.3 is 14.6 Å². The molecule has 0 aliphatic carbocycles. The summed E-state index contributed by atoms with van der Waals surface area (Å²) in [7, 11) is 1.57. The molecule has 0 saturated heterocycles. The zero-order chi connectivity index (χ0) is 21.1. The van der Waals surface area contributed by atoms with E-state index in [0.29, 0.717) is 41.8 Å². The van der Waals surface area contributed by atoms with Crippen LogP contribution in [0.5, 0.6) is 5.75 Å². The molecule has 3 heterocycles. The summed E-state index contributed by atoms with van der Waals surface area (Å²) in [5, 5.41) is 9.89. The summed E-state index contributed by atoms with van der Waals surface area (Å²) in [4.78, 5) is 32.3. The SMILES string of the molecule is COc1ccccc1NC(=O)CN1CCc2nc(NC(=O)c3cc(C)on3)sc2C1. The first kappa shape index (κ1) is 20.0. The molecule has 4 rings (SSSR count). The predicted octanol–water partition coefficient (Wildman–Crippen LogP) is 2.70. The fourth-order valence-electron chi connectivity index (χ4n) is 3.21. The Kier molecular flexibility index (Phi) is 5.77. The Morgan fingerprint density at radius 2 is 2.13 bits per heavy atom. The highest BCUT2D eigenvalue weighted by Crippen LogP contribution is 2.29. The molecule has 0 fully saturated rings. The van der Waals surface area contributed by atoms with Gasteiger partial charge in [-0.25, -0.2) is 4.98 Å². The van der Waals surface area contributed by atoms with Crippen LogP contribution in [0.3, 0.4) is 0 Å². The summed E-state index contributed by atoms with van der Waals surface area (Å²) < 4.78 is 10.2. The number of aromatic nitrogens is 2. The number of amides is 2. The molecule has 0 atom stereocenters. The number of nitrogens with zero attached hydrogens (tertiary/aromatic N) is 3. The van der Waals surface area contributed by atoms with E-state index in [0.717, 1.165) is 10.6 Å². The van der Waals surface area contributed by atoms with Gasteiger partial charge in [0.1, 0.15) is 11.5 Å². The van der Waals surface area contributed by atoms with Crippen LogP contribution in [-0.2, 0) is 17.8 Å². The number of hydrogen-bond acceptors (Lipinski definition) is 8. The molecule has 30 heavy (non-hydrogen) atoms. The molecule has 1 aliphatic heterocycles. The van der Waals surface area contributed by atoms with Crippen molar-refractivity contribution in [2.75, 3.05) is 30.8 Å². The summed E-state index contributed by atoms with van der Waals surface area (Å²) in [6, 6.07) is 8.88. The van der Waals surface area contributed by atoms with E-state index in [9.17, 15) is 9.59 Å². The standard InChI is InChI=1S/C20H21N5O4S/c1-12-9-15(24-29-12)19(27)23-20-22-14-7-8-25(10-17(14)30-20)11-18(26)21-13-5-3-4-6-16(13)28-2/h3-6,9H,7-8,10-11H2,1-2H3,(H,21,26)(H,22,23,27). The Hall–Kier alpha value is -3.24. The smallest absolute Gasteiger partial charge is 0.279 e. The molecular formula is C20H21N5O4S. The molecule has 1 aromatic carbocycles. The van der Waals surface area contributed by atoms with Gasteiger partial charge in [0.15, 0.2) is 10.8 Å². The van der Waals surface area contributed by atoms with Gasteiger partial charge in [-0.05, 0) is 19.1 Å². The molecule has 156 valence electrons. The van der Waals surface area contributed by atoms with E-state index in [1.165, 1.54) is 11.3 Å². The van der Waals surface area contributed by atoms with Crippen molar-refractivity contribution in [3.05, 3.63) is 52.4 Å². The lowest BCUT2D eigenvalue weighted by Gasteiger charge is -2.25. The minimum Gasteiger partial charge on any atom is -0.495 e. The Morgan fingerprint density at radius 3 is 2.90 bits per heavy atom. The van der Waals surface area contributed by atoms with Crippen molar-refractivity contribution in [2.45, 2.75) is 19.9 Å². The highest BCUT2D eigenvalue weighted by atomic mass is 32.1. The van der Waals surface area contributed by atoms with Gasteiger partial charge in [-0.15, -0.1) is 11.3 Å². The first-order valence-electron chi connectivity index (χ1n) is 9.40. The van der Waals surface area contributed by atoms with Gasteiger partial charge in [0.25, 0.3) is 5.91 Å². The Bertz CT molecular complexity index is 1080. The van der Waals surface area contributed by atoms with Crippen LogP contribution in [0.1, 0.15) is 26.8 Å². The van der Waals surface area contributed by atoms with E-state index in [-0.39, 0.29) is 24.1 Å². The van der Waals surface area contributed by atoms with Crippen molar-refractivity contribution in [3.8, 4) is 5.75 Å². The first-order chi connectivity index (χ1) is 14.5. The number of hydrogen-bond donors (Lipinski definition) is 2. The average Bonchev–Trinajstić information content (AvgIpc) is 3.33. The van der Waals surface area contributed by atoms with Crippen LogP contribution in [0.25, 0.3) is 0 Å². The van der Waals surface area contributed by atoms with Crippen LogP contribution < -0.4 is 15.4 Å². The van der Waals surface area contributed by atoms with Crippen molar-refractivity contribution >= 4 is 34.0 Å². The first-order valence-corrected chi connectivity index (χ1v) is 10.2. The number of para-hydroxylation sites is 2. The monoisotopic (exact) mass is 427 g/mol. The minimum absolute atomic E-state index is 0.109. The van der Waals surface area contributed by atoms with Gasteiger partial charge >= 0.3 is 0 Å². The molecule has 2 amide bonds. The second-order valence-electron chi connectivity index (χ2n) is 6.87. The maximum atomic E-state index is 12.5. The van der Waals surface area contributed by atoms with Gasteiger partial charge in [-0.3, -0.25) is 19.8 Å². The second kappa shape index (κ2) is 8.64. The van der Waals surface area contributed by atoms with E-state index in [1.807, 2.05) is 12.1 Å². The zero-order valence-electron chi connectivity index (χ0n) is 16.6. The minimum atomic E-state index is -0.356. The number of aryl methyl sites for hydroxylation is 1. The summed E-state index contributed by atoms with van der Waals surface area (Å²) in [6.07, 6.45) is 0.715. The van der Waals surface area contributed by atoms with Crippen molar-refractivity contribution in [1.82, 2.24) is 15.0 Å². The predicted molar refractivity (Wildman–Crippen MR) is 112 cm³/mol. The van der Waals surface area contributed by atoms with E-state index in [4.69, 9.17) is 9.26 Å². The molecule has 0 bridgehead atoms. The highest BCUT2D eigenvalue weighted by Gasteiger charge is 2.23. The summed E-state index contributed by atoms with van der Waals surface area (Å²) in [5.41, 5.74) is 1.82. The van der Waals surface area contributed by atoms with Gasteiger partial charge in [-0.2, -0.15) is 0 Å².